The van der Waals surface area contributed by atoms with Gasteiger partial charge in [0.15, 0.2) is 0 Å². The molecule has 1 nitrogen and oxygen atoms in total. The van der Waals surface area contributed by atoms with Crippen molar-refractivity contribution in [3.05, 3.63) is 0 Å². The van der Waals surface area contributed by atoms with Gasteiger partial charge in [0, 0.05) is 6.42 Å². The molecule has 0 aromatic carbocycles. The predicted octanol–water partition coefficient (Wildman–Crippen LogP) is 2.19. The summed E-state index contributed by atoms with van der Waals surface area (Å²) in [4.78, 5) is 0. The van der Waals surface area contributed by atoms with E-state index in [9.17, 15) is 8.78 Å². The van der Waals surface area contributed by atoms with Gasteiger partial charge in [-0.2, -0.15) is 0 Å². The van der Waals surface area contributed by atoms with Crippen LogP contribution in [0.15, 0.2) is 0 Å². The number of aliphatic hydroxyl groups excluding tert-OH is 1. The number of alkyl halides is 2. The Bertz CT molecular complexity index is 147. The minimum Gasteiger partial charge on any atom is -0.396 e. The molecule has 1 atom stereocenters. The van der Waals surface area contributed by atoms with Crippen LogP contribution in [0.25, 0.3) is 0 Å². The van der Waals surface area contributed by atoms with Gasteiger partial charge in [-0.05, 0) is 12.8 Å². The minimum absolute atomic E-state index is 0.0654. The van der Waals surface area contributed by atoms with E-state index in [4.69, 9.17) is 5.11 Å². The molecule has 1 rings (SSSR count). The maximum atomic E-state index is 13.1. The molecule has 1 fully saturated rings. The van der Waals surface area contributed by atoms with Gasteiger partial charge in [0.1, 0.15) is 0 Å². The Labute approximate surface area is 65.4 Å². The summed E-state index contributed by atoms with van der Waals surface area (Å²) in [5, 5.41) is 8.81. The van der Waals surface area contributed by atoms with Crippen molar-refractivity contribution in [2.75, 3.05) is 6.61 Å². The Balaban J connectivity index is 2.74. The van der Waals surface area contributed by atoms with Crippen LogP contribution in [0.4, 0.5) is 8.78 Å². The molecule has 0 saturated heterocycles. The second-order valence-electron chi connectivity index (χ2n) is 3.63. The second-order valence-corrected chi connectivity index (χ2v) is 3.63. The third kappa shape index (κ3) is 1.39. The zero-order valence-corrected chi connectivity index (χ0v) is 6.74. The Morgan fingerprint density at radius 1 is 1.27 bits per heavy atom. The number of halogens is 2. The normalized spacial score (nSPS) is 37.1. The molecule has 0 aromatic heterocycles. The van der Waals surface area contributed by atoms with E-state index < -0.39 is 17.9 Å². The average Bonchev–Trinajstić information content (AvgIpc) is 1.95. The van der Waals surface area contributed by atoms with Crippen LogP contribution in [-0.4, -0.2) is 17.6 Å². The number of aliphatic hydroxyl groups is 1. The standard InChI is InChI=1S/C8H14F2O/c1-7(6-11)4-2-3-5-8(7,9)10/h11H,2-6H2,1H3/t7-/m1/s1. The minimum atomic E-state index is -2.67. The van der Waals surface area contributed by atoms with Crippen molar-refractivity contribution in [1.82, 2.24) is 0 Å². The molecule has 1 aliphatic rings. The molecule has 0 aromatic rings. The van der Waals surface area contributed by atoms with E-state index in [1.54, 1.807) is 0 Å². The number of rotatable bonds is 1. The Morgan fingerprint density at radius 2 is 1.82 bits per heavy atom. The first kappa shape index (κ1) is 8.91. The van der Waals surface area contributed by atoms with Crippen LogP contribution in [0.1, 0.15) is 32.6 Å². The van der Waals surface area contributed by atoms with Gasteiger partial charge in [-0.1, -0.05) is 13.3 Å². The zero-order chi connectivity index (χ0) is 8.54. The largest absolute Gasteiger partial charge is 0.396 e. The summed E-state index contributed by atoms with van der Waals surface area (Å²) in [6.07, 6.45) is 1.77. The lowest BCUT2D eigenvalue weighted by molar-refractivity contribution is -0.159. The van der Waals surface area contributed by atoms with E-state index >= 15 is 0 Å². The van der Waals surface area contributed by atoms with Crippen LogP contribution in [0.2, 0.25) is 0 Å². The molecule has 1 N–H and O–H groups in total. The average molecular weight is 164 g/mol. The molecule has 66 valence electrons. The lowest BCUT2D eigenvalue weighted by Gasteiger charge is -2.39. The maximum absolute atomic E-state index is 13.1. The fourth-order valence-electron chi connectivity index (χ4n) is 1.54. The molecule has 0 bridgehead atoms. The van der Waals surface area contributed by atoms with Crippen LogP contribution in [0.5, 0.6) is 0 Å². The lowest BCUT2D eigenvalue weighted by Crippen LogP contribution is -2.44. The lowest BCUT2D eigenvalue weighted by atomic mass is 9.73. The highest BCUT2D eigenvalue weighted by molar-refractivity contribution is 4.91. The maximum Gasteiger partial charge on any atom is 0.255 e. The predicted molar refractivity (Wildman–Crippen MR) is 38.6 cm³/mol. The molecule has 0 aliphatic heterocycles. The summed E-state index contributed by atoms with van der Waals surface area (Å²) in [5.74, 6) is -2.67. The van der Waals surface area contributed by atoms with Gasteiger partial charge in [-0.15, -0.1) is 0 Å². The van der Waals surface area contributed by atoms with E-state index in [1.807, 2.05) is 0 Å². The van der Waals surface area contributed by atoms with Gasteiger partial charge in [0.2, 0.25) is 0 Å². The summed E-state index contributed by atoms with van der Waals surface area (Å²) < 4.78 is 26.2. The summed E-state index contributed by atoms with van der Waals surface area (Å²) in [6.45, 7) is 1.06. The molecule has 1 aliphatic carbocycles. The van der Waals surface area contributed by atoms with Crippen LogP contribution in [0.3, 0.4) is 0 Å². The molecule has 3 heteroatoms. The van der Waals surface area contributed by atoms with Crippen molar-refractivity contribution in [3.8, 4) is 0 Å². The molecule has 0 heterocycles. The summed E-state index contributed by atoms with van der Waals surface area (Å²) in [5.41, 5.74) is -1.16. The third-order valence-electron chi connectivity index (χ3n) is 2.70. The molecule has 0 spiro atoms. The monoisotopic (exact) mass is 164 g/mol. The number of hydrogen-bond donors (Lipinski definition) is 1. The van der Waals surface area contributed by atoms with Gasteiger partial charge in [0.05, 0.1) is 12.0 Å². The van der Waals surface area contributed by atoms with E-state index in [0.29, 0.717) is 12.8 Å². The summed E-state index contributed by atoms with van der Waals surface area (Å²) in [6, 6.07) is 0. The fourth-order valence-corrected chi connectivity index (χ4v) is 1.54. The van der Waals surface area contributed by atoms with Crippen molar-refractivity contribution in [1.29, 1.82) is 0 Å². The molecule has 11 heavy (non-hydrogen) atoms. The molecule has 1 saturated carbocycles. The SMILES string of the molecule is C[C@]1(CO)CCCCC1(F)F. The topological polar surface area (TPSA) is 20.2 Å². The van der Waals surface area contributed by atoms with Crippen LogP contribution >= 0.6 is 0 Å². The van der Waals surface area contributed by atoms with Crippen LogP contribution in [0, 0.1) is 5.41 Å². The van der Waals surface area contributed by atoms with E-state index in [2.05, 4.69) is 0 Å². The Hall–Kier alpha value is -0.180. The van der Waals surface area contributed by atoms with Crippen LogP contribution in [-0.2, 0) is 0 Å². The molecular weight excluding hydrogens is 150 g/mol. The van der Waals surface area contributed by atoms with Gasteiger partial charge in [-0.25, -0.2) is 8.78 Å². The van der Waals surface area contributed by atoms with Crippen molar-refractivity contribution < 1.29 is 13.9 Å². The molecule has 0 amide bonds. The smallest absolute Gasteiger partial charge is 0.255 e. The highest BCUT2D eigenvalue weighted by Crippen LogP contribution is 2.47. The van der Waals surface area contributed by atoms with E-state index in [0.717, 1.165) is 6.42 Å². The van der Waals surface area contributed by atoms with Crippen molar-refractivity contribution in [2.24, 2.45) is 5.41 Å². The second kappa shape index (κ2) is 2.70. The molecule has 0 radical (unpaired) electrons. The van der Waals surface area contributed by atoms with Crippen LogP contribution < -0.4 is 0 Å². The summed E-state index contributed by atoms with van der Waals surface area (Å²) in [7, 11) is 0. The molecule has 0 unspecified atom stereocenters. The van der Waals surface area contributed by atoms with Gasteiger partial charge >= 0.3 is 0 Å². The quantitative estimate of drug-likeness (QED) is 0.629. The van der Waals surface area contributed by atoms with Gasteiger partial charge in [-0.3, -0.25) is 0 Å². The van der Waals surface area contributed by atoms with Crippen molar-refractivity contribution in [2.45, 2.75) is 38.5 Å². The van der Waals surface area contributed by atoms with Crippen molar-refractivity contribution in [3.63, 3.8) is 0 Å². The Kier molecular flexibility index (Phi) is 2.19. The fraction of sp³-hybridized carbons (Fsp3) is 1.00. The summed E-state index contributed by atoms with van der Waals surface area (Å²) >= 11 is 0. The van der Waals surface area contributed by atoms with E-state index in [-0.39, 0.29) is 6.42 Å². The van der Waals surface area contributed by atoms with E-state index in [1.165, 1.54) is 6.92 Å². The molecular formula is C8H14F2O. The number of hydrogen-bond acceptors (Lipinski definition) is 1. The first-order chi connectivity index (χ1) is 5.02. The Morgan fingerprint density at radius 3 is 2.18 bits per heavy atom. The van der Waals surface area contributed by atoms with Crippen molar-refractivity contribution >= 4 is 0 Å². The first-order valence-electron chi connectivity index (χ1n) is 4.00. The first-order valence-corrected chi connectivity index (χ1v) is 4.00. The highest BCUT2D eigenvalue weighted by atomic mass is 19.3. The van der Waals surface area contributed by atoms with Gasteiger partial charge < -0.3 is 5.11 Å². The zero-order valence-electron chi connectivity index (χ0n) is 6.74. The van der Waals surface area contributed by atoms with Gasteiger partial charge in [0.25, 0.3) is 5.92 Å². The third-order valence-corrected chi connectivity index (χ3v) is 2.70. The highest BCUT2D eigenvalue weighted by Gasteiger charge is 2.50.